The number of fused-ring (bicyclic) bond motifs is 1. The summed E-state index contributed by atoms with van der Waals surface area (Å²) in [4.78, 5) is 2.27. The van der Waals surface area contributed by atoms with Crippen LogP contribution in [0.2, 0.25) is 0 Å². The normalized spacial score (nSPS) is 16.2. The van der Waals surface area contributed by atoms with E-state index in [1.165, 1.54) is 30.7 Å². The largest absolute Gasteiger partial charge is 0.372 e. The fourth-order valence-corrected chi connectivity index (χ4v) is 3.06. The van der Waals surface area contributed by atoms with E-state index >= 15 is 0 Å². The van der Waals surface area contributed by atoms with Gasteiger partial charge in [-0.25, -0.2) is 0 Å². The van der Waals surface area contributed by atoms with E-state index in [4.69, 9.17) is 4.55 Å². The summed E-state index contributed by atoms with van der Waals surface area (Å²) in [5.41, 5.74) is 1.17. The van der Waals surface area contributed by atoms with E-state index in [0.29, 0.717) is 0 Å². The van der Waals surface area contributed by atoms with Gasteiger partial charge in [-0.05, 0) is 47.9 Å². The molecule has 0 aromatic heterocycles. The lowest BCUT2D eigenvalue weighted by atomic mass is 10.1. The Morgan fingerprint density at radius 1 is 0.947 bits per heavy atom. The van der Waals surface area contributed by atoms with Gasteiger partial charge in [0, 0.05) is 18.8 Å². The highest BCUT2D eigenvalue weighted by atomic mass is 32.2. The Bertz CT molecular complexity index is 719. The highest BCUT2D eigenvalue weighted by Gasteiger charge is 2.13. The van der Waals surface area contributed by atoms with Gasteiger partial charge in [0.1, 0.15) is 0 Å². The number of anilines is 1. The second-order valence-electron chi connectivity index (χ2n) is 4.86. The minimum Gasteiger partial charge on any atom is -0.372 e. The highest BCUT2D eigenvalue weighted by molar-refractivity contribution is 7.85. The Morgan fingerprint density at radius 3 is 2.26 bits per heavy atom. The van der Waals surface area contributed by atoms with Crippen molar-refractivity contribution in [3.8, 4) is 0 Å². The zero-order chi connectivity index (χ0) is 13.5. The molecule has 1 N–H and O–H groups in total. The zero-order valence-corrected chi connectivity index (χ0v) is 11.2. The smallest absolute Gasteiger partial charge is 0.294 e. The maximum absolute atomic E-state index is 11.1. The summed E-state index contributed by atoms with van der Waals surface area (Å²) in [5.74, 6) is 0. The van der Waals surface area contributed by atoms with Gasteiger partial charge in [-0.3, -0.25) is 4.55 Å². The zero-order valence-electron chi connectivity index (χ0n) is 10.4. The SMILES string of the molecule is O=S(=O)(O)c1ccc2cc(N3CCCC3)ccc2c1. The van der Waals surface area contributed by atoms with E-state index in [1.54, 1.807) is 6.07 Å². The van der Waals surface area contributed by atoms with Gasteiger partial charge in [0.15, 0.2) is 0 Å². The van der Waals surface area contributed by atoms with Crippen molar-refractivity contribution in [2.75, 3.05) is 18.0 Å². The minimum atomic E-state index is -4.13. The average Bonchev–Trinajstić information content (AvgIpc) is 2.90. The van der Waals surface area contributed by atoms with Crippen molar-refractivity contribution in [3.63, 3.8) is 0 Å². The summed E-state index contributed by atoms with van der Waals surface area (Å²) < 4.78 is 31.2. The summed E-state index contributed by atoms with van der Waals surface area (Å²) >= 11 is 0. The standard InChI is InChI=1S/C14H15NO3S/c16-19(17,18)14-6-4-11-9-13(5-3-12(11)10-14)15-7-1-2-8-15/h3-6,9-10H,1-2,7-8H2,(H,16,17,18). The molecule has 0 unspecified atom stereocenters. The van der Waals surface area contributed by atoms with Gasteiger partial charge in [-0.1, -0.05) is 12.1 Å². The lowest BCUT2D eigenvalue weighted by Crippen LogP contribution is -2.17. The van der Waals surface area contributed by atoms with Gasteiger partial charge in [0.05, 0.1) is 4.90 Å². The molecule has 0 amide bonds. The lowest BCUT2D eigenvalue weighted by Gasteiger charge is -2.18. The second-order valence-corrected chi connectivity index (χ2v) is 6.28. The molecule has 100 valence electrons. The molecular formula is C14H15NO3S. The van der Waals surface area contributed by atoms with Crippen LogP contribution in [0.25, 0.3) is 10.8 Å². The molecule has 1 aliphatic heterocycles. The van der Waals surface area contributed by atoms with Gasteiger partial charge in [0.2, 0.25) is 0 Å². The molecule has 1 fully saturated rings. The van der Waals surface area contributed by atoms with Crippen molar-refractivity contribution in [3.05, 3.63) is 36.4 Å². The fourth-order valence-electron chi connectivity index (χ4n) is 2.54. The number of hydrogen-bond acceptors (Lipinski definition) is 3. The summed E-state index contributed by atoms with van der Waals surface area (Å²) in [5, 5.41) is 1.80. The molecule has 2 aromatic carbocycles. The van der Waals surface area contributed by atoms with Crippen LogP contribution < -0.4 is 4.90 Å². The second kappa shape index (κ2) is 4.51. The van der Waals surface area contributed by atoms with Crippen molar-refractivity contribution in [2.45, 2.75) is 17.7 Å². The molecule has 1 saturated heterocycles. The number of rotatable bonds is 2. The molecule has 0 saturated carbocycles. The van der Waals surface area contributed by atoms with Crippen molar-refractivity contribution >= 4 is 26.6 Å². The predicted molar refractivity (Wildman–Crippen MR) is 75.2 cm³/mol. The number of nitrogens with zero attached hydrogens (tertiary/aromatic N) is 1. The lowest BCUT2D eigenvalue weighted by molar-refractivity contribution is 0.483. The van der Waals surface area contributed by atoms with Crippen LogP contribution in [0.4, 0.5) is 5.69 Å². The summed E-state index contributed by atoms with van der Waals surface area (Å²) in [6.07, 6.45) is 2.44. The predicted octanol–water partition coefficient (Wildman–Crippen LogP) is 2.69. The van der Waals surface area contributed by atoms with Crippen molar-refractivity contribution in [2.24, 2.45) is 0 Å². The summed E-state index contributed by atoms with van der Waals surface area (Å²) in [6, 6.07) is 10.6. The van der Waals surface area contributed by atoms with E-state index < -0.39 is 10.1 Å². The summed E-state index contributed by atoms with van der Waals surface area (Å²) in [7, 11) is -4.13. The van der Waals surface area contributed by atoms with E-state index in [1.807, 2.05) is 12.1 Å². The molecule has 0 spiro atoms. The fraction of sp³-hybridized carbons (Fsp3) is 0.286. The van der Waals surface area contributed by atoms with Gasteiger partial charge < -0.3 is 4.90 Å². The molecule has 1 aliphatic rings. The van der Waals surface area contributed by atoms with Crippen molar-refractivity contribution in [1.29, 1.82) is 0 Å². The quantitative estimate of drug-likeness (QED) is 0.857. The third-order valence-corrected chi connectivity index (χ3v) is 4.41. The highest BCUT2D eigenvalue weighted by Crippen LogP contribution is 2.26. The Morgan fingerprint density at radius 2 is 1.58 bits per heavy atom. The molecule has 5 heteroatoms. The molecule has 2 aromatic rings. The van der Waals surface area contributed by atoms with Gasteiger partial charge in [0.25, 0.3) is 10.1 Å². The molecule has 0 atom stereocenters. The first kappa shape index (κ1) is 12.4. The van der Waals surface area contributed by atoms with E-state index in [2.05, 4.69) is 11.0 Å². The third-order valence-electron chi connectivity index (χ3n) is 3.56. The molecular weight excluding hydrogens is 262 g/mol. The Labute approximate surface area is 112 Å². The molecule has 4 nitrogen and oxygen atoms in total. The molecule has 19 heavy (non-hydrogen) atoms. The van der Waals surface area contributed by atoms with E-state index in [0.717, 1.165) is 23.9 Å². The van der Waals surface area contributed by atoms with E-state index in [9.17, 15) is 8.42 Å². The van der Waals surface area contributed by atoms with Crippen LogP contribution in [-0.2, 0) is 10.1 Å². The number of benzene rings is 2. The van der Waals surface area contributed by atoms with Crippen LogP contribution in [0, 0.1) is 0 Å². The van der Waals surface area contributed by atoms with Crippen LogP contribution in [0.3, 0.4) is 0 Å². The van der Waals surface area contributed by atoms with Gasteiger partial charge in [-0.2, -0.15) is 8.42 Å². The minimum absolute atomic E-state index is 0.0612. The van der Waals surface area contributed by atoms with Crippen LogP contribution in [0.15, 0.2) is 41.3 Å². The average molecular weight is 277 g/mol. The monoisotopic (exact) mass is 277 g/mol. The maximum atomic E-state index is 11.1. The first-order valence-electron chi connectivity index (χ1n) is 6.30. The summed E-state index contributed by atoms with van der Waals surface area (Å²) in [6.45, 7) is 2.16. The van der Waals surface area contributed by atoms with Crippen LogP contribution in [0.5, 0.6) is 0 Å². The third kappa shape index (κ3) is 2.43. The molecule has 0 radical (unpaired) electrons. The Balaban J connectivity index is 2.05. The molecule has 0 bridgehead atoms. The first-order valence-corrected chi connectivity index (χ1v) is 7.74. The first-order chi connectivity index (χ1) is 9.04. The van der Waals surface area contributed by atoms with E-state index in [-0.39, 0.29) is 4.90 Å². The van der Waals surface area contributed by atoms with Gasteiger partial charge >= 0.3 is 0 Å². The topological polar surface area (TPSA) is 57.6 Å². The molecule has 0 aliphatic carbocycles. The van der Waals surface area contributed by atoms with Crippen LogP contribution in [-0.4, -0.2) is 26.1 Å². The maximum Gasteiger partial charge on any atom is 0.294 e. The van der Waals surface area contributed by atoms with Crippen molar-refractivity contribution < 1.29 is 13.0 Å². The van der Waals surface area contributed by atoms with Crippen molar-refractivity contribution in [1.82, 2.24) is 0 Å². The van der Waals surface area contributed by atoms with Crippen LogP contribution in [0.1, 0.15) is 12.8 Å². The Hall–Kier alpha value is -1.59. The van der Waals surface area contributed by atoms with Crippen LogP contribution >= 0.6 is 0 Å². The van der Waals surface area contributed by atoms with Gasteiger partial charge in [-0.15, -0.1) is 0 Å². The molecule has 3 rings (SSSR count). The number of hydrogen-bond donors (Lipinski definition) is 1. The molecule has 1 heterocycles. The Kier molecular flexibility index (Phi) is 2.95.